The van der Waals surface area contributed by atoms with Crippen molar-refractivity contribution >= 4 is 22.6 Å². The Labute approximate surface area is 63.7 Å². The maximum Gasteiger partial charge on any atom is 0.157 e. The van der Waals surface area contributed by atoms with E-state index >= 15 is 0 Å². The van der Waals surface area contributed by atoms with E-state index in [-0.39, 0.29) is 6.29 Å². The van der Waals surface area contributed by atoms with E-state index in [0.717, 1.165) is 10.8 Å². The summed E-state index contributed by atoms with van der Waals surface area (Å²) in [6.07, 6.45) is 0.958. The van der Waals surface area contributed by atoms with Crippen molar-refractivity contribution in [3.63, 3.8) is 0 Å². The molecule has 0 aliphatic rings. The summed E-state index contributed by atoms with van der Waals surface area (Å²) in [7, 11) is 3.31. The van der Waals surface area contributed by atoms with Crippen molar-refractivity contribution < 1.29 is 9.47 Å². The second kappa shape index (κ2) is 5.78. The summed E-state index contributed by atoms with van der Waals surface area (Å²) in [5.74, 6) is 0. The molecule has 2 nitrogen and oxygen atoms in total. The van der Waals surface area contributed by atoms with Crippen LogP contribution < -0.4 is 0 Å². The van der Waals surface area contributed by atoms with Gasteiger partial charge in [0.2, 0.25) is 0 Å². The molecule has 0 aromatic heterocycles. The zero-order chi connectivity index (χ0) is 6.41. The van der Waals surface area contributed by atoms with Crippen LogP contribution in [0.5, 0.6) is 0 Å². The van der Waals surface area contributed by atoms with E-state index in [0.29, 0.717) is 0 Å². The van der Waals surface area contributed by atoms with Crippen LogP contribution >= 0.6 is 22.6 Å². The van der Waals surface area contributed by atoms with Gasteiger partial charge in [0.05, 0.1) is 0 Å². The van der Waals surface area contributed by atoms with Gasteiger partial charge in [-0.05, 0) is 0 Å². The van der Waals surface area contributed by atoms with E-state index in [2.05, 4.69) is 22.6 Å². The zero-order valence-corrected chi connectivity index (χ0v) is 7.34. The van der Waals surface area contributed by atoms with Gasteiger partial charge in [-0.15, -0.1) is 0 Å². The molecule has 50 valence electrons. The van der Waals surface area contributed by atoms with Crippen LogP contribution in [0.1, 0.15) is 6.42 Å². The Morgan fingerprint density at radius 3 is 2.00 bits per heavy atom. The molecule has 0 bridgehead atoms. The predicted octanol–water partition coefficient (Wildman–Crippen LogP) is 1.43. The summed E-state index contributed by atoms with van der Waals surface area (Å²) in [6, 6.07) is 0. The van der Waals surface area contributed by atoms with E-state index in [1.807, 2.05) is 0 Å². The lowest BCUT2D eigenvalue weighted by molar-refractivity contribution is -0.102. The highest BCUT2D eigenvalue weighted by molar-refractivity contribution is 14.1. The van der Waals surface area contributed by atoms with E-state index in [1.54, 1.807) is 14.2 Å². The van der Waals surface area contributed by atoms with Crippen LogP contribution in [-0.4, -0.2) is 24.9 Å². The molecule has 3 heteroatoms. The van der Waals surface area contributed by atoms with Gasteiger partial charge in [0.25, 0.3) is 0 Å². The Hall–Kier alpha value is 0.650. The minimum absolute atomic E-state index is 0.00750. The lowest BCUT2D eigenvalue weighted by Crippen LogP contribution is -2.12. The van der Waals surface area contributed by atoms with Gasteiger partial charge < -0.3 is 9.47 Å². The highest BCUT2D eigenvalue weighted by Gasteiger charge is 2.00. The maximum absolute atomic E-state index is 4.91. The molecule has 0 radical (unpaired) electrons. The van der Waals surface area contributed by atoms with Gasteiger partial charge in [-0.2, -0.15) is 0 Å². The van der Waals surface area contributed by atoms with Gasteiger partial charge in [0.1, 0.15) is 0 Å². The fraction of sp³-hybridized carbons (Fsp3) is 1.00. The van der Waals surface area contributed by atoms with Crippen molar-refractivity contribution in [1.82, 2.24) is 0 Å². The SMILES string of the molecule is COC(CCI)OC. The van der Waals surface area contributed by atoms with Gasteiger partial charge in [-0.25, -0.2) is 0 Å². The van der Waals surface area contributed by atoms with Gasteiger partial charge in [0.15, 0.2) is 6.29 Å². The Kier molecular flexibility index (Phi) is 6.25. The third-order valence-electron chi connectivity index (χ3n) is 0.871. The second-order valence-electron chi connectivity index (χ2n) is 1.38. The molecule has 8 heavy (non-hydrogen) atoms. The maximum atomic E-state index is 4.91. The summed E-state index contributed by atoms with van der Waals surface area (Å²) in [5.41, 5.74) is 0. The largest absolute Gasteiger partial charge is 0.356 e. The summed E-state index contributed by atoms with van der Waals surface area (Å²) in [6.45, 7) is 0. The first-order valence-electron chi connectivity index (χ1n) is 2.46. The molecule has 0 spiro atoms. The van der Waals surface area contributed by atoms with Crippen LogP contribution in [0, 0.1) is 0 Å². The smallest absolute Gasteiger partial charge is 0.157 e. The normalized spacial score (nSPS) is 10.5. The average molecular weight is 230 g/mol. The second-order valence-corrected chi connectivity index (χ2v) is 2.46. The molecule has 0 saturated carbocycles. The Balaban J connectivity index is 3.07. The molecule has 0 aliphatic heterocycles. The molecule has 0 N–H and O–H groups in total. The Morgan fingerprint density at radius 2 is 1.88 bits per heavy atom. The van der Waals surface area contributed by atoms with Crippen LogP contribution in [-0.2, 0) is 9.47 Å². The minimum Gasteiger partial charge on any atom is -0.356 e. The van der Waals surface area contributed by atoms with E-state index in [4.69, 9.17) is 9.47 Å². The van der Waals surface area contributed by atoms with Crippen LogP contribution in [0.3, 0.4) is 0 Å². The molecule has 0 aliphatic carbocycles. The fourth-order valence-corrected chi connectivity index (χ4v) is 0.930. The van der Waals surface area contributed by atoms with Crippen LogP contribution in [0.25, 0.3) is 0 Å². The van der Waals surface area contributed by atoms with Gasteiger partial charge in [-0.3, -0.25) is 0 Å². The van der Waals surface area contributed by atoms with Crippen molar-refractivity contribution in [2.24, 2.45) is 0 Å². The molecule has 0 aromatic carbocycles. The van der Waals surface area contributed by atoms with Gasteiger partial charge in [0, 0.05) is 25.1 Å². The molecule has 0 fully saturated rings. The Bertz CT molecular complexity index is 45.7. The summed E-state index contributed by atoms with van der Waals surface area (Å²) >= 11 is 2.29. The van der Waals surface area contributed by atoms with E-state index in [9.17, 15) is 0 Å². The van der Waals surface area contributed by atoms with E-state index < -0.39 is 0 Å². The highest BCUT2D eigenvalue weighted by atomic mass is 127. The van der Waals surface area contributed by atoms with Crippen molar-refractivity contribution in [2.75, 3.05) is 18.6 Å². The van der Waals surface area contributed by atoms with Crippen LogP contribution in [0.2, 0.25) is 0 Å². The third-order valence-corrected chi connectivity index (χ3v) is 1.49. The van der Waals surface area contributed by atoms with Crippen molar-refractivity contribution in [3.8, 4) is 0 Å². The molecular weight excluding hydrogens is 219 g/mol. The quantitative estimate of drug-likeness (QED) is 0.413. The number of rotatable bonds is 4. The molecular formula is C5H11IO2. The predicted molar refractivity (Wildman–Crippen MR) is 41.3 cm³/mol. The molecule has 0 unspecified atom stereocenters. The molecule has 0 heterocycles. The molecule has 0 saturated heterocycles. The van der Waals surface area contributed by atoms with Crippen molar-refractivity contribution in [3.05, 3.63) is 0 Å². The summed E-state index contributed by atoms with van der Waals surface area (Å²) in [5, 5.41) is 0. The van der Waals surface area contributed by atoms with Crippen LogP contribution in [0.4, 0.5) is 0 Å². The van der Waals surface area contributed by atoms with Crippen LogP contribution in [0.15, 0.2) is 0 Å². The Morgan fingerprint density at radius 1 is 1.38 bits per heavy atom. The van der Waals surface area contributed by atoms with Crippen molar-refractivity contribution in [2.45, 2.75) is 12.7 Å². The molecule has 0 rings (SSSR count). The van der Waals surface area contributed by atoms with Gasteiger partial charge >= 0.3 is 0 Å². The lowest BCUT2D eigenvalue weighted by Gasteiger charge is -2.09. The topological polar surface area (TPSA) is 18.5 Å². The number of alkyl halides is 1. The zero-order valence-electron chi connectivity index (χ0n) is 5.19. The highest BCUT2D eigenvalue weighted by Crippen LogP contribution is 1.99. The number of ether oxygens (including phenoxy) is 2. The number of hydrogen-bond acceptors (Lipinski definition) is 2. The first-order valence-corrected chi connectivity index (χ1v) is 3.99. The number of halogens is 1. The fourth-order valence-electron chi connectivity index (χ4n) is 0.421. The molecule has 0 amide bonds. The first-order chi connectivity index (χ1) is 3.85. The standard InChI is InChI=1S/C5H11IO2/c1-7-5(8-2)3-4-6/h5H,3-4H2,1-2H3. The van der Waals surface area contributed by atoms with Crippen molar-refractivity contribution in [1.29, 1.82) is 0 Å². The summed E-state index contributed by atoms with van der Waals surface area (Å²) < 4.78 is 10.9. The van der Waals surface area contributed by atoms with E-state index in [1.165, 1.54) is 0 Å². The lowest BCUT2D eigenvalue weighted by atomic mass is 10.5. The molecule has 0 atom stereocenters. The molecule has 0 aromatic rings. The third kappa shape index (κ3) is 3.63. The summed E-state index contributed by atoms with van der Waals surface area (Å²) in [4.78, 5) is 0. The monoisotopic (exact) mass is 230 g/mol. The first kappa shape index (κ1) is 8.65. The number of methoxy groups -OCH3 is 2. The van der Waals surface area contributed by atoms with Gasteiger partial charge in [-0.1, -0.05) is 22.6 Å². The minimum atomic E-state index is -0.00750. The average Bonchev–Trinajstić information content (AvgIpc) is 1.83. The number of hydrogen-bond donors (Lipinski definition) is 0.